The van der Waals surface area contributed by atoms with Gasteiger partial charge < -0.3 is 26.8 Å². The van der Waals surface area contributed by atoms with Crippen LogP contribution in [0.4, 0.5) is 0 Å². The summed E-state index contributed by atoms with van der Waals surface area (Å²) >= 11 is 0. The molecule has 0 aliphatic carbocycles. The van der Waals surface area contributed by atoms with E-state index in [1.165, 1.54) is 7.11 Å². The SMILES string of the molecule is COC[C@@H](C(=O)NCc1cccc2ccccc12)C(CC(N)=O)(NC(=O)CCCc1ccccc1)C(N)=O. The maximum atomic E-state index is 13.5. The number of carbonyl (C=O) groups excluding carboxylic acids is 4. The molecular weight excluding hydrogens is 484 g/mol. The van der Waals surface area contributed by atoms with E-state index in [0.717, 1.165) is 21.9 Å². The average molecular weight is 519 g/mol. The quantitative estimate of drug-likeness (QED) is 0.257. The van der Waals surface area contributed by atoms with Crippen LogP contribution in [-0.4, -0.2) is 42.9 Å². The lowest BCUT2D eigenvalue weighted by atomic mass is 9.79. The highest BCUT2D eigenvalue weighted by Crippen LogP contribution is 2.25. The molecule has 200 valence electrons. The summed E-state index contributed by atoms with van der Waals surface area (Å²) in [4.78, 5) is 51.3. The standard InChI is InChI=1S/C29H34N4O5/c1-38-19-24(27(36)32-18-22-14-8-13-21-12-5-6-15-23(21)22)29(28(31)37,17-25(30)34)33-26(35)16-7-11-20-9-3-2-4-10-20/h2-6,8-10,12-15,24H,7,11,16-19H2,1H3,(H2,30,34)(H2,31,37)(H,32,36)(H,33,35)/t24-,29?/m0/s1. The molecule has 38 heavy (non-hydrogen) atoms. The summed E-state index contributed by atoms with van der Waals surface area (Å²) in [5.74, 6) is -4.37. The number of ether oxygens (including phenoxy) is 1. The first kappa shape index (κ1) is 28.3. The van der Waals surface area contributed by atoms with Crippen LogP contribution in [0.15, 0.2) is 72.8 Å². The Labute approximate surface area is 221 Å². The molecule has 0 radical (unpaired) electrons. The van der Waals surface area contributed by atoms with Gasteiger partial charge in [-0.05, 0) is 34.7 Å². The molecule has 3 rings (SSSR count). The molecule has 0 fully saturated rings. The van der Waals surface area contributed by atoms with E-state index in [0.29, 0.717) is 12.8 Å². The van der Waals surface area contributed by atoms with E-state index < -0.39 is 41.5 Å². The van der Waals surface area contributed by atoms with Crippen molar-refractivity contribution in [2.75, 3.05) is 13.7 Å². The molecule has 0 bridgehead atoms. The minimum Gasteiger partial charge on any atom is -0.384 e. The fraction of sp³-hybridized carbons (Fsp3) is 0.310. The molecule has 0 saturated heterocycles. The van der Waals surface area contributed by atoms with E-state index in [2.05, 4.69) is 10.6 Å². The third-order valence-electron chi connectivity index (χ3n) is 6.55. The van der Waals surface area contributed by atoms with Gasteiger partial charge in [0.1, 0.15) is 5.54 Å². The summed E-state index contributed by atoms with van der Waals surface area (Å²) in [7, 11) is 1.35. The van der Waals surface area contributed by atoms with E-state index in [1.807, 2.05) is 72.8 Å². The maximum Gasteiger partial charge on any atom is 0.244 e. The molecular formula is C29H34N4O5. The summed E-state index contributed by atoms with van der Waals surface area (Å²) < 4.78 is 5.23. The number of aryl methyl sites for hydroxylation is 1. The smallest absolute Gasteiger partial charge is 0.244 e. The fourth-order valence-electron chi connectivity index (χ4n) is 4.62. The van der Waals surface area contributed by atoms with Crippen LogP contribution in [0, 0.1) is 5.92 Å². The highest BCUT2D eigenvalue weighted by Gasteiger charge is 2.50. The molecule has 1 unspecified atom stereocenters. The van der Waals surface area contributed by atoms with Crippen LogP contribution in [0.25, 0.3) is 10.8 Å². The molecule has 9 heteroatoms. The second-order valence-corrected chi connectivity index (χ2v) is 9.23. The van der Waals surface area contributed by atoms with E-state index >= 15 is 0 Å². The van der Waals surface area contributed by atoms with Crippen molar-refractivity contribution in [3.05, 3.63) is 83.9 Å². The number of rotatable bonds is 14. The molecule has 9 nitrogen and oxygen atoms in total. The molecule has 0 aliphatic rings. The van der Waals surface area contributed by atoms with Gasteiger partial charge in [0, 0.05) is 20.1 Å². The van der Waals surface area contributed by atoms with Crippen molar-refractivity contribution in [1.29, 1.82) is 0 Å². The molecule has 0 spiro atoms. The lowest BCUT2D eigenvalue weighted by molar-refractivity contribution is -0.144. The Morgan fingerprint density at radius 1 is 0.921 bits per heavy atom. The minimum absolute atomic E-state index is 0.0556. The summed E-state index contributed by atoms with van der Waals surface area (Å²) in [6, 6.07) is 23.1. The highest BCUT2D eigenvalue weighted by molar-refractivity contribution is 5.99. The van der Waals surface area contributed by atoms with Crippen molar-refractivity contribution in [2.24, 2.45) is 17.4 Å². The van der Waals surface area contributed by atoms with Gasteiger partial charge in [-0.2, -0.15) is 0 Å². The summed E-state index contributed by atoms with van der Waals surface area (Å²) in [6.45, 7) is -0.126. The lowest BCUT2D eigenvalue weighted by Gasteiger charge is -2.37. The number of amides is 4. The Morgan fingerprint density at radius 3 is 2.29 bits per heavy atom. The van der Waals surface area contributed by atoms with Crippen molar-refractivity contribution in [2.45, 2.75) is 37.8 Å². The molecule has 0 heterocycles. The number of hydrogen-bond donors (Lipinski definition) is 4. The van der Waals surface area contributed by atoms with Gasteiger partial charge in [0.2, 0.25) is 23.6 Å². The molecule has 0 saturated carbocycles. The number of benzene rings is 3. The van der Waals surface area contributed by atoms with Crippen LogP contribution in [0.2, 0.25) is 0 Å². The van der Waals surface area contributed by atoms with Crippen LogP contribution in [-0.2, 0) is 36.9 Å². The predicted molar refractivity (Wildman–Crippen MR) is 144 cm³/mol. The molecule has 4 amide bonds. The number of nitrogens with two attached hydrogens (primary N) is 2. The number of carbonyl (C=O) groups is 4. The first-order chi connectivity index (χ1) is 18.3. The Kier molecular flexibility index (Phi) is 9.95. The Balaban J connectivity index is 1.80. The van der Waals surface area contributed by atoms with E-state index in [1.54, 1.807) is 0 Å². The van der Waals surface area contributed by atoms with Crippen molar-refractivity contribution >= 4 is 34.4 Å². The number of nitrogens with one attached hydrogen (secondary N) is 2. The molecule has 0 aromatic heterocycles. The van der Waals surface area contributed by atoms with Gasteiger partial charge in [0.15, 0.2) is 0 Å². The maximum absolute atomic E-state index is 13.5. The van der Waals surface area contributed by atoms with Crippen LogP contribution in [0.1, 0.15) is 30.4 Å². The molecule has 3 aromatic rings. The topological polar surface area (TPSA) is 154 Å². The second kappa shape index (κ2) is 13.3. The normalized spacial score (nSPS) is 13.3. The average Bonchev–Trinajstić information content (AvgIpc) is 2.90. The van der Waals surface area contributed by atoms with Crippen molar-refractivity contribution < 1.29 is 23.9 Å². The lowest BCUT2D eigenvalue weighted by Crippen LogP contribution is -2.67. The van der Waals surface area contributed by atoms with Gasteiger partial charge >= 0.3 is 0 Å². The second-order valence-electron chi connectivity index (χ2n) is 9.23. The zero-order valence-corrected chi connectivity index (χ0v) is 21.4. The number of hydrogen-bond acceptors (Lipinski definition) is 5. The minimum atomic E-state index is -2.06. The fourth-order valence-corrected chi connectivity index (χ4v) is 4.62. The van der Waals surface area contributed by atoms with Crippen molar-refractivity contribution in [3.63, 3.8) is 0 Å². The van der Waals surface area contributed by atoms with Gasteiger partial charge in [-0.25, -0.2) is 0 Å². The van der Waals surface area contributed by atoms with Crippen LogP contribution >= 0.6 is 0 Å². The number of primary amides is 2. The zero-order valence-electron chi connectivity index (χ0n) is 21.4. The Hall–Kier alpha value is -4.24. The van der Waals surface area contributed by atoms with Crippen molar-refractivity contribution in [1.82, 2.24) is 10.6 Å². The van der Waals surface area contributed by atoms with Gasteiger partial charge in [-0.15, -0.1) is 0 Å². The van der Waals surface area contributed by atoms with Gasteiger partial charge in [-0.1, -0.05) is 72.8 Å². The monoisotopic (exact) mass is 518 g/mol. The molecule has 6 N–H and O–H groups in total. The highest BCUT2D eigenvalue weighted by atomic mass is 16.5. The number of fused-ring (bicyclic) bond motifs is 1. The van der Waals surface area contributed by atoms with Gasteiger partial charge in [0.05, 0.1) is 18.9 Å². The Bertz CT molecular complexity index is 1270. The predicted octanol–water partition coefficient (Wildman–Crippen LogP) is 1.96. The largest absolute Gasteiger partial charge is 0.384 e. The molecule has 2 atom stereocenters. The van der Waals surface area contributed by atoms with E-state index in [-0.39, 0.29) is 19.6 Å². The van der Waals surface area contributed by atoms with Crippen LogP contribution < -0.4 is 22.1 Å². The third kappa shape index (κ3) is 7.17. The third-order valence-corrected chi connectivity index (χ3v) is 6.55. The molecule has 0 aliphatic heterocycles. The van der Waals surface area contributed by atoms with Crippen molar-refractivity contribution in [3.8, 4) is 0 Å². The summed E-state index contributed by atoms with van der Waals surface area (Å²) in [5, 5.41) is 7.37. The van der Waals surface area contributed by atoms with Gasteiger partial charge in [-0.3, -0.25) is 19.2 Å². The van der Waals surface area contributed by atoms with Crippen LogP contribution in [0.5, 0.6) is 0 Å². The van der Waals surface area contributed by atoms with E-state index in [4.69, 9.17) is 16.2 Å². The summed E-state index contributed by atoms with van der Waals surface area (Å²) in [5.41, 5.74) is 11.1. The first-order valence-electron chi connectivity index (χ1n) is 12.4. The first-order valence-corrected chi connectivity index (χ1v) is 12.4. The van der Waals surface area contributed by atoms with E-state index in [9.17, 15) is 19.2 Å². The number of methoxy groups -OCH3 is 1. The van der Waals surface area contributed by atoms with Crippen LogP contribution in [0.3, 0.4) is 0 Å². The Morgan fingerprint density at radius 2 is 1.61 bits per heavy atom. The van der Waals surface area contributed by atoms with Gasteiger partial charge in [0.25, 0.3) is 0 Å². The summed E-state index contributed by atoms with van der Waals surface area (Å²) in [6.07, 6.45) is 0.534. The zero-order chi connectivity index (χ0) is 27.5. The molecule has 3 aromatic carbocycles.